The van der Waals surface area contributed by atoms with E-state index in [2.05, 4.69) is 15.0 Å². The van der Waals surface area contributed by atoms with E-state index in [1.165, 1.54) is 6.33 Å². The summed E-state index contributed by atoms with van der Waals surface area (Å²) in [5.74, 6) is 0.0297. The highest BCUT2D eigenvalue weighted by atomic mass is 32.1. The summed E-state index contributed by atoms with van der Waals surface area (Å²) in [5.41, 5.74) is 7.59. The van der Waals surface area contributed by atoms with Crippen LogP contribution in [0.5, 0.6) is 5.88 Å². The molecule has 134 valence electrons. The number of fused-ring (bicyclic) bond motifs is 2. The third-order valence-corrected chi connectivity index (χ3v) is 5.29. The van der Waals surface area contributed by atoms with Crippen LogP contribution in [-0.2, 0) is 0 Å². The highest BCUT2D eigenvalue weighted by molar-refractivity contribution is 7.12. The quantitative estimate of drug-likeness (QED) is 0.575. The van der Waals surface area contributed by atoms with Gasteiger partial charge in [0, 0.05) is 11.6 Å². The first-order valence-electron chi connectivity index (χ1n) is 8.28. The smallest absolute Gasteiger partial charge is 0.267 e. The Bertz CT molecular complexity index is 1150. The van der Waals surface area contributed by atoms with E-state index in [0.29, 0.717) is 18.8 Å². The zero-order valence-corrected chi connectivity index (χ0v) is 14.9. The lowest BCUT2D eigenvalue weighted by Crippen LogP contribution is -2.32. The van der Waals surface area contributed by atoms with Gasteiger partial charge in [0.05, 0.1) is 18.4 Å². The minimum Gasteiger partial charge on any atom is -0.475 e. The molecule has 0 fully saturated rings. The molecule has 1 aliphatic heterocycles. The van der Waals surface area contributed by atoms with Crippen molar-refractivity contribution in [2.45, 2.75) is 0 Å². The number of thiophene rings is 1. The fraction of sp³-hybridized carbons (Fsp3) is 0.111. The van der Waals surface area contributed by atoms with Crippen LogP contribution in [0.4, 0.5) is 11.5 Å². The van der Waals surface area contributed by atoms with E-state index in [1.54, 1.807) is 22.4 Å². The third-order valence-electron chi connectivity index (χ3n) is 4.42. The van der Waals surface area contributed by atoms with Gasteiger partial charge < -0.3 is 15.4 Å². The molecule has 27 heavy (non-hydrogen) atoms. The highest BCUT2D eigenvalue weighted by Gasteiger charge is 2.29. The van der Waals surface area contributed by atoms with Gasteiger partial charge in [-0.25, -0.2) is 15.0 Å². The molecule has 1 aliphatic rings. The number of amides is 1. The van der Waals surface area contributed by atoms with Gasteiger partial charge in [-0.3, -0.25) is 9.36 Å². The molecule has 0 unspecified atom stereocenters. The molecule has 0 aromatic carbocycles. The first kappa shape index (κ1) is 15.8. The molecular formula is C18H14N6O2S. The number of pyridine rings is 1. The Morgan fingerprint density at radius 2 is 2.15 bits per heavy atom. The van der Waals surface area contributed by atoms with Gasteiger partial charge in [0.15, 0.2) is 0 Å². The fourth-order valence-corrected chi connectivity index (χ4v) is 3.87. The molecule has 0 aliphatic carbocycles. The van der Waals surface area contributed by atoms with E-state index in [-0.39, 0.29) is 23.2 Å². The van der Waals surface area contributed by atoms with Crippen LogP contribution in [0.25, 0.3) is 16.0 Å². The Balaban J connectivity index is 1.57. The number of aromatic nitrogens is 4. The van der Waals surface area contributed by atoms with Crippen LogP contribution in [0.1, 0.15) is 10.4 Å². The number of carbonyl (C=O) groups is 1. The maximum Gasteiger partial charge on any atom is 0.267 e. The summed E-state index contributed by atoms with van der Waals surface area (Å²) < 4.78 is 7.60. The summed E-state index contributed by atoms with van der Waals surface area (Å²) >= 11 is 1.64. The van der Waals surface area contributed by atoms with Gasteiger partial charge in [-0.2, -0.15) is 0 Å². The molecule has 2 N–H and O–H groups in total. The van der Waals surface area contributed by atoms with Gasteiger partial charge in [0.25, 0.3) is 5.91 Å². The zero-order valence-electron chi connectivity index (χ0n) is 14.1. The number of hydrogen-bond donors (Lipinski definition) is 1. The molecule has 0 atom stereocenters. The van der Waals surface area contributed by atoms with Crippen molar-refractivity contribution in [1.82, 2.24) is 19.5 Å². The number of anilines is 2. The molecule has 0 saturated heterocycles. The van der Waals surface area contributed by atoms with Crippen molar-refractivity contribution in [3.63, 3.8) is 0 Å². The van der Waals surface area contributed by atoms with Crippen LogP contribution in [0.15, 0.2) is 48.4 Å². The Morgan fingerprint density at radius 3 is 3.00 bits per heavy atom. The fourth-order valence-electron chi connectivity index (χ4n) is 3.15. The van der Waals surface area contributed by atoms with Crippen LogP contribution in [-0.4, -0.2) is 38.6 Å². The average molecular weight is 378 g/mol. The van der Waals surface area contributed by atoms with Crippen LogP contribution >= 0.6 is 11.3 Å². The van der Waals surface area contributed by atoms with E-state index in [4.69, 9.17) is 10.5 Å². The number of ether oxygens (including phenoxy) is 1. The van der Waals surface area contributed by atoms with Crippen molar-refractivity contribution >= 4 is 39.8 Å². The van der Waals surface area contributed by atoms with Crippen molar-refractivity contribution in [2.24, 2.45) is 0 Å². The molecule has 0 radical (unpaired) electrons. The van der Waals surface area contributed by atoms with Gasteiger partial charge in [-0.15, -0.1) is 11.3 Å². The van der Waals surface area contributed by atoms with Crippen LogP contribution < -0.4 is 15.4 Å². The van der Waals surface area contributed by atoms with Gasteiger partial charge in [0.1, 0.15) is 35.0 Å². The number of rotatable bonds is 2. The average Bonchev–Trinajstić information content (AvgIpc) is 3.30. The van der Waals surface area contributed by atoms with Gasteiger partial charge >= 0.3 is 0 Å². The number of nitrogens with zero attached hydrogens (tertiary/aromatic N) is 5. The summed E-state index contributed by atoms with van der Waals surface area (Å²) in [4.78, 5) is 27.2. The summed E-state index contributed by atoms with van der Waals surface area (Å²) in [6.45, 7) is 0.677. The van der Waals surface area contributed by atoms with E-state index in [9.17, 15) is 4.79 Å². The number of hydrogen-bond acceptors (Lipinski definition) is 7. The summed E-state index contributed by atoms with van der Waals surface area (Å²) in [5, 5.41) is 4.05. The minimum atomic E-state index is -0.292. The normalized spacial score (nSPS) is 14.1. The summed E-state index contributed by atoms with van der Waals surface area (Å²) in [7, 11) is 0. The second kappa shape index (κ2) is 6.06. The highest BCUT2D eigenvalue weighted by Crippen LogP contribution is 2.29. The van der Waals surface area contributed by atoms with Crippen molar-refractivity contribution in [3.05, 3.63) is 53.9 Å². The number of carbonyl (C=O) groups excluding carboxylic acids is 1. The Hall–Kier alpha value is -3.46. The second-order valence-corrected chi connectivity index (χ2v) is 6.91. The Kier molecular flexibility index (Phi) is 3.54. The topological polar surface area (TPSA) is 99.2 Å². The molecule has 0 saturated carbocycles. The Labute approximate surface area is 157 Å². The van der Waals surface area contributed by atoms with E-state index in [0.717, 1.165) is 16.0 Å². The minimum absolute atomic E-state index is 0.106. The monoisotopic (exact) mass is 378 g/mol. The molecule has 4 aromatic heterocycles. The van der Waals surface area contributed by atoms with Gasteiger partial charge in [-0.05, 0) is 29.6 Å². The molecule has 9 heteroatoms. The van der Waals surface area contributed by atoms with Crippen molar-refractivity contribution in [3.8, 4) is 10.9 Å². The number of nitrogens with two attached hydrogens (primary N) is 1. The van der Waals surface area contributed by atoms with Crippen LogP contribution in [0.2, 0.25) is 0 Å². The summed E-state index contributed by atoms with van der Waals surface area (Å²) in [6.07, 6.45) is 4.95. The van der Waals surface area contributed by atoms with Gasteiger partial charge in [0.2, 0.25) is 5.88 Å². The lowest BCUT2D eigenvalue weighted by atomic mass is 10.2. The molecular weight excluding hydrogens is 364 g/mol. The number of nitrogen functional groups attached to an aromatic ring is 1. The molecule has 5 heterocycles. The van der Waals surface area contributed by atoms with E-state index < -0.39 is 0 Å². The lowest BCUT2D eigenvalue weighted by Gasteiger charge is -2.20. The predicted molar refractivity (Wildman–Crippen MR) is 103 cm³/mol. The maximum absolute atomic E-state index is 13.0. The SMILES string of the molecule is Nc1ncnc2c1C(=O)N(c1cnc3c(ccn3-c3cccs3)c1)CCO2. The predicted octanol–water partition coefficient (Wildman–Crippen LogP) is 2.50. The van der Waals surface area contributed by atoms with Crippen molar-refractivity contribution in [1.29, 1.82) is 0 Å². The summed E-state index contributed by atoms with van der Waals surface area (Å²) in [6, 6.07) is 7.96. The molecule has 5 rings (SSSR count). The van der Waals surface area contributed by atoms with E-state index in [1.807, 2.05) is 40.4 Å². The molecule has 4 aromatic rings. The largest absolute Gasteiger partial charge is 0.475 e. The molecule has 0 spiro atoms. The first-order chi connectivity index (χ1) is 13.2. The molecule has 8 nitrogen and oxygen atoms in total. The second-order valence-electron chi connectivity index (χ2n) is 5.99. The van der Waals surface area contributed by atoms with Crippen LogP contribution in [0.3, 0.4) is 0 Å². The maximum atomic E-state index is 13.0. The van der Waals surface area contributed by atoms with E-state index >= 15 is 0 Å². The third kappa shape index (κ3) is 2.51. The van der Waals surface area contributed by atoms with Gasteiger partial charge in [-0.1, -0.05) is 0 Å². The zero-order chi connectivity index (χ0) is 18.4. The molecule has 0 bridgehead atoms. The molecule has 1 amide bonds. The Morgan fingerprint density at radius 1 is 1.22 bits per heavy atom. The first-order valence-corrected chi connectivity index (χ1v) is 9.16. The van der Waals surface area contributed by atoms with Crippen molar-refractivity contribution < 1.29 is 9.53 Å². The van der Waals surface area contributed by atoms with Crippen molar-refractivity contribution in [2.75, 3.05) is 23.8 Å². The van der Waals surface area contributed by atoms with Crippen LogP contribution in [0, 0.1) is 0 Å². The standard InChI is InChI=1S/C18H14N6O2S/c19-15-14-17(22-10-21-15)26-6-5-23(18(14)25)12-8-11-3-4-24(16(11)20-9-12)13-2-1-7-27-13/h1-4,7-10H,5-6H2,(H2,19,21,22). The lowest BCUT2D eigenvalue weighted by molar-refractivity contribution is 0.0990.